The van der Waals surface area contributed by atoms with Gasteiger partial charge >= 0.3 is 0 Å². The molecule has 2 nitrogen and oxygen atoms in total. The molecule has 1 heterocycles. The number of halogens is 1. The van der Waals surface area contributed by atoms with E-state index < -0.39 is 0 Å². The Bertz CT molecular complexity index is 504. The molecule has 2 rings (SSSR count). The predicted octanol–water partition coefficient (Wildman–Crippen LogP) is 4.02. The fraction of sp³-hybridized carbons (Fsp3) is 0.500. The molecule has 2 N–H and O–H groups in total. The molecule has 0 saturated heterocycles. The van der Waals surface area contributed by atoms with E-state index in [0.717, 1.165) is 36.8 Å². The van der Waals surface area contributed by atoms with Crippen LogP contribution in [0.2, 0.25) is 0 Å². The second kappa shape index (κ2) is 7.29. The van der Waals surface area contributed by atoms with Crippen molar-refractivity contribution in [1.29, 1.82) is 0 Å². The van der Waals surface area contributed by atoms with Crippen molar-refractivity contribution in [3.8, 4) is 0 Å². The minimum atomic E-state index is -0.161. The molecule has 0 fully saturated rings. The summed E-state index contributed by atoms with van der Waals surface area (Å²) in [6, 6.07) is 4.92. The summed E-state index contributed by atoms with van der Waals surface area (Å²) in [4.78, 5) is 3.20. The van der Waals surface area contributed by atoms with E-state index in [0.29, 0.717) is 0 Å². The first-order chi connectivity index (χ1) is 9.31. The molecular weight excluding hydrogens is 239 g/mol. The van der Waals surface area contributed by atoms with Gasteiger partial charge in [0.25, 0.3) is 0 Å². The molecule has 1 aromatic carbocycles. The zero-order chi connectivity index (χ0) is 13.5. The second-order valence-corrected chi connectivity index (χ2v) is 5.06. The van der Waals surface area contributed by atoms with E-state index in [1.165, 1.54) is 30.9 Å². The van der Waals surface area contributed by atoms with Crippen LogP contribution in [0.1, 0.15) is 38.2 Å². The van der Waals surface area contributed by atoms with E-state index in [4.69, 9.17) is 0 Å². The van der Waals surface area contributed by atoms with Gasteiger partial charge in [-0.2, -0.15) is 0 Å². The first-order valence-corrected chi connectivity index (χ1v) is 7.27. The molecule has 0 spiro atoms. The molecule has 0 saturated carbocycles. The number of hydrogen-bond acceptors (Lipinski definition) is 1. The summed E-state index contributed by atoms with van der Waals surface area (Å²) in [7, 11) is 0. The zero-order valence-corrected chi connectivity index (χ0v) is 11.6. The van der Waals surface area contributed by atoms with Crippen molar-refractivity contribution in [3.05, 3.63) is 35.8 Å². The van der Waals surface area contributed by atoms with Crippen LogP contribution < -0.4 is 5.32 Å². The fourth-order valence-corrected chi connectivity index (χ4v) is 2.39. The number of nitrogens with one attached hydrogen (secondary N) is 2. The first kappa shape index (κ1) is 14.1. The van der Waals surface area contributed by atoms with Gasteiger partial charge in [0, 0.05) is 17.1 Å². The molecule has 3 heteroatoms. The highest BCUT2D eigenvalue weighted by Gasteiger charge is 2.04. The van der Waals surface area contributed by atoms with E-state index in [9.17, 15) is 4.39 Å². The maximum absolute atomic E-state index is 13.2. The Balaban J connectivity index is 1.77. The number of aromatic amines is 1. The van der Waals surface area contributed by atoms with E-state index >= 15 is 0 Å². The van der Waals surface area contributed by atoms with Crippen LogP contribution in [0.4, 0.5) is 4.39 Å². The Morgan fingerprint density at radius 1 is 1.16 bits per heavy atom. The van der Waals surface area contributed by atoms with E-state index in [-0.39, 0.29) is 5.82 Å². The van der Waals surface area contributed by atoms with E-state index in [1.54, 1.807) is 12.1 Å². The molecule has 0 atom stereocenters. The molecule has 0 unspecified atom stereocenters. The van der Waals surface area contributed by atoms with Crippen molar-refractivity contribution >= 4 is 10.9 Å². The third-order valence-corrected chi connectivity index (χ3v) is 3.49. The largest absolute Gasteiger partial charge is 0.361 e. The van der Waals surface area contributed by atoms with Crippen LogP contribution in [0.5, 0.6) is 0 Å². The summed E-state index contributed by atoms with van der Waals surface area (Å²) >= 11 is 0. The number of aryl methyl sites for hydroxylation is 1. The number of rotatable bonds is 8. The standard InChI is InChI=1S/C16H23FN2/c1-2-3-4-9-18-10-5-6-13-12-19-16-8-7-14(17)11-15(13)16/h7-8,11-12,18-19H,2-6,9-10H2,1H3. The molecule has 1 aromatic heterocycles. The molecule has 2 aromatic rings. The molecule has 0 bridgehead atoms. The van der Waals surface area contributed by atoms with Crippen LogP contribution in [0.3, 0.4) is 0 Å². The van der Waals surface area contributed by atoms with Gasteiger partial charge in [-0.1, -0.05) is 19.8 Å². The molecule has 0 amide bonds. The lowest BCUT2D eigenvalue weighted by Gasteiger charge is -2.04. The highest BCUT2D eigenvalue weighted by atomic mass is 19.1. The number of fused-ring (bicyclic) bond motifs is 1. The van der Waals surface area contributed by atoms with Gasteiger partial charge in [-0.25, -0.2) is 4.39 Å². The van der Waals surface area contributed by atoms with Crippen LogP contribution in [-0.2, 0) is 6.42 Å². The summed E-state index contributed by atoms with van der Waals surface area (Å²) in [6.45, 7) is 4.36. The Morgan fingerprint density at radius 3 is 2.84 bits per heavy atom. The summed E-state index contributed by atoms with van der Waals surface area (Å²) < 4.78 is 13.2. The number of aromatic nitrogens is 1. The minimum absolute atomic E-state index is 0.161. The number of unbranched alkanes of at least 4 members (excludes halogenated alkanes) is 2. The van der Waals surface area contributed by atoms with Crippen molar-refractivity contribution in [2.75, 3.05) is 13.1 Å². The van der Waals surface area contributed by atoms with Crippen LogP contribution in [0, 0.1) is 5.82 Å². The van der Waals surface area contributed by atoms with E-state index in [2.05, 4.69) is 17.2 Å². The predicted molar refractivity (Wildman–Crippen MR) is 79.0 cm³/mol. The summed E-state index contributed by atoms with van der Waals surface area (Å²) in [6.07, 6.45) is 7.91. The van der Waals surface area contributed by atoms with Crippen LogP contribution in [0.25, 0.3) is 10.9 Å². The topological polar surface area (TPSA) is 27.8 Å². The van der Waals surface area contributed by atoms with Gasteiger partial charge in [-0.05, 0) is 56.1 Å². The van der Waals surface area contributed by atoms with Crippen LogP contribution >= 0.6 is 0 Å². The lowest BCUT2D eigenvalue weighted by atomic mass is 10.1. The van der Waals surface area contributed by atoms with Gasteiger partial charge < -0.3 is 10.3 Å². The van der Waals surface area contributed by atoms with Crippen molar-refractivity contribution in [2.45, 2.75) is 39.0 Å². The first-order valence-electron chi connectivity index (χ1n) is 7.27. The Labute approximate surface area is 114 Å². The Morgan fingerprint density at radius 2 is 2.00 bits per heavy atom. The zero-order valence-electron chi connectivity index (χ0n) is 11.6. The lowest BCUT2D eigenvalue weighted by molar-refractivity contribution is 0.599. The summed E-state index contributed by atoms with van der Waals surface area (Å²) in [5.74, 6) is -0.161. The number of benzene rings is 1. The SMILES string of the molecule is CCCCCNCCCc1c[nH]c2ccc(F)cc12. The maximum atomic E-state index is 13.2. The third-order valence-electron chi connectivity index (χ3n) is 3.49. The third kappa shape index (κ3) is 4.06. The second-order valence-electron chi connectivity index (χ2n) is 5.06. The molecule has 0 radical (unpaired) electrons. The molecule has 0 aliphatic carbocycles. The average Bonchev–Trinajstić information content (AvgIpc) is 2.80. The van der Waals surface area contributed by atoms with E-state index in [1.807, 2.05) is 6.20 Å². The molecule has 0 aliphatic heterocycles. The summed E-state index contributed by atoms with van der Waals surface area (Å²) in [5.41, 5.74) is 2.23. The molecule has 104 valence electrons. The fourth-order valence-electron chi connectivity index (χ4n) is 2.39. The lowest BCUT2D eigenvalue weighted by Crippen LogP contribution is -2.17. The molecule has 0 aliphatic rings. The minimum Gasteiger partial charge on any atom is -0.361 e. The highest BCUT2D eigenvalue weighted by molar-refractivity contribution is 5.83. The van der Waals surface area contributed by atoms with Crippen molar-refractivity contribution in [3.63, 3.8) is 0 Å². The van der Waals surface area contributed by atoms with Gasteiger partial charge in [0.15, 0.2) is 0 Å². The normalized spacial score (nSPS) is 11.3. The van der Waals surface area contributed by atoms with Crippen LogP contribution in [-0.4, -0.2) is 18.1 Å². The maximum Gasteiger partial charge on any atom is 0.123 e. The Kier molecular flexibility index (Phi) is 5.40. The summed E-state index contributed by atoms with van der Waals surface area (Å²) in [5, 5.41) is 4.48. The average molecular weight is 262 g/mol. The quantitative estimate of drug-likeness (QED) is 0.691. The monoisotopic (exact) mass is 262 g/mol. The molecular formula is C16H23FN2. The van der Waals surface area contributed by atoms with Crippen molar-refractivity contribution in [1.82, 2.24) is 10.3 Å². The van der Waals surface area contributed by atoms with Gasteiger partial charge in [0.2, 0.25) is 0 Å². The van der Waals surface area contributed by atoms with Gasteiger partial charge in [-0.3, -0.25) is 0 Å². The highest BCUT2D eigenvalue weighted by Crippen LogP contribution is 2.20. The van der Waals surface area contributed by atoms with Gasteiger partial charge in [0.05, 0.1) is 0 Å². The number of H-pyrrole nitrogens is 1. The molecule has 19 heavy (non-hydrogen) atoms. The van der Waals surface area contributed by atoms with Gasteiger partial charge in [-0.15, -0.1) is 0 Å². The van der Waals surface area contributed by atoms with Gasteiger partial charge in [0.1, 0.15) is 5.82 Å². The smallest absolute Gasteiger partial charge is 0.123 e. The Hall–Kier alpha value is -1.35. The van der Waals surface area contributed by atoms with Crippen molar-refractivity contribution < 1.29 is 4.39 Å². The van der Waals surface area contributed by atoms with Crippen LogP contribution in [0.15, 0.2) is 24.4 Å². The van der Waals surface area contributed by atoms with Crippen molar-refractivity contribution in [2.24, 2.45) is 0 Å². The number of hydrogen-bond donors (Lipinski definition) is 2.